The summed E-state index contributed by atoms with van der Waals surface area (Å²) in [5.74, 6) is 5.52. The molecule has 0 aliphatic heterocycles. The van der Waals surface area contributed by atoms with E-state index < -0.39 is 0 Å². The predicted molar refractivity (Wildman–Crippen MR) is 44.0 cm³/mol. The Morgan fingerprint density at radius 2 is 2.09 bits per heavy atom. The fourth-order valence-corrected chi connectivity index (χ4v) is 4.13. The van der Waals surface area contributed by atoms with Crippen LogP contribution in [0, 0.1) is 29.6 Å². The van der Waals surface area contributed by atoms with Crippen LogP contribution in [0.1, 0.15) is 26.2 Å². The molecule has 58 valence electrons. The number of allylic oxidation sites excluding steroid dienone is 2. The zero-order valence-electron chi connectivity index (χ0n) is 7.01. The molecule has 0 aromatic carbocycles. The topological polar surface area (TPSA) is 0 Å². The molecule has 5 atom stereocenters. The molecule has 0 radical (unpaired) electrons. The van der Waals surface area contributed by atoms with Crippen molar-refractivity contribution in [1.82, 2.24) is 0 Å². The Balaban J connectivity index is 1.88. The van der Waals surface area contributed by atoms with Crippen LogP contribution >= 0.6 is 0 Å². The third kappa shape index (κ3) is 0.389. The summed E-state index contributed by atoms with van der Waals surface area (Å²) in [4.78, 5) is 0. The normalized spacial score (nSPS) is 62.5. The molecule has 0 amide bonds. The van der Waals surface area contributed by atoms with Crippen molar-refractivity contribution in [2.75, 3.05) is 0 Å². The molecular weight excluding hydrogens is 132 g/mol. The van der Waals surface area contributed by atoms with Crippen molar-refractivity contribution in [3.8, 4) is 0 Å². The maximum Gasteiger partial charge on any atom is -0.00941 e. The van der Waals surface area contributed by atoms with Crippen LogP contribution in [0.3, 0.4) is 0 Å². The summed E-state index contributed by atoms with van der Waals surface area (Å²) in [7, 11) is 0. The molecule has 0 saturated heterocycles. The molecule has 0 aromatic heterocycles. The van der Waals surface area contributed by atoms with E-state index in [0.717, 1.165) is 29.6 Å². The van der Waals surface area contributed by atoms with E-state index in [-0.39, 0.29) is 0 Å². The maximum atomic E-state index is 2.50. The fraction of sp³-hybridized carbons (Fsp3) is 0.818. The molecule has 0 heteroatoms. The molecule has 3 unspecified atom stereocenters. The molecular formula is C11H14. The van der Waals surface area contributed by atoms with Gasteiger partial charge in [0.05, 0.1) is 0 Å². The number of rotatable bonds is 0. The van der Waals surface area contributed by atoms with Crippen molar-refractivity contribution in [2.45, 2.75) is 26.2 Å². The van der Waals surface area contributed by atoms with Crippen LogP contribution in [-0.2, 0) is 0 Å². The van der Waals surface area contributed by atoms with Crippen molar-refractivity contribution in [3.63, 3.8) is 0 Å². The molecule has 0 N–H and O–H groups in total. The smallest absolute Gasteiger partial charge is 0.00941 e. The predicted octanol–water partition coefficient (Wildman–Crippen LogP) is 2.61. The number of hydrogen-bond donors (Lipinski definition) is 0. The van der Waals surface area contributed by atoms with Gasteiger partial charge in [-0.05, 0) is 48.9 Å². The summed E-state index contributed by atoms with van der Waals surface area (Å²) in [6.45, 7) is 2.50. The van der Waals surface area contributed by atoms with Gasteiger partial charge in [-0.15, -0.1) is 0 Å². The molecule has 0 spiro atoms. The van der Waals surface area contributed by atoms with Crippen molar-refractivity contribution in [1.29, 1.82) is 0 Å². The Hall–Kier alpha value is -0.260. The fourth-order valence-electron chi connectivity index (χ4n) is 4.13. The van der Waals surface area contributed by atoms with Crippen molar-refractivity contribution < 1.29 is 0 Å². The molecule has 0 nitrogen and oxygen atoms in total. The van der Waals surface area contributed by atoms with Crippen LogP contribution < -0.4 is 0 Å². The van der Waals surface area contributed by atoms with Gasteiger partial charge in [0.2, 0.25) is 0 Å². The molecule has 0 bridgehead atoms. The Kier molecular flexibility index (Phi) is 0.648. The van der Waals surface area contributed by atoms with Gasteiger partial charge in [0.15, 0.2) is 0 Å². The van der Waals surface area contributed by atoms with Gasteiger partial charge >= 0.3 is 0 Å². The summed E-state index contributed by atoms with van der Waals surface area (Å²) >= 11 is 0. The highest BCUT2D eigenvalue weighted by molar-refractivity contribution is 5.50. The first-order valence-corrected chi connectivity index (χ1v) is 5.11. The van der Waals surface area contributed by atoms with Crippen molar-refractivity contribution >= 4 is 0 Å². The molecule has 3 saturated carbocycles. The molecule has 11 heavy (non-hydrogen) atoms. The summed E-state index contributed by atoms with van der Waals surface area (Å²) in [5.41, 5.74) is 3.88. The van der Waals surface area contributed by atoms with E-state index in [2.05, 4.69) is 6.92 Å². The highest BCUT2D eigenvalue weighted by atomic mass is 14.7. The zero-order chi connectivity index (χ0) is 7.16. The number of hydrogen-bond acceptors (Lipinski definition) is 0. The molecule has 4 aliphatic rings. The largest absolute Gasteiger partial charge is 0.0658 e. The lowest BCUT2D eigenvalue weighted by Crippen LogP contribution is -2.24. The molecule has 4 aliphatic carbocycles. The van der Waals surface area contributed by atoms with Crippen LogP contribution in [0.4, 0.5) is 0 Å². The highest BCUT2D eigenvalue weighted by Gasteiger charge is 2.63. The third-order valence-corrected chi connectivity index (χ3v) is 4.86. The minimum absolute atomic E-state index is 1.07. The summed E-state index contributed by atoms with van der Waals surface area (Å²) < 4.78 is 0. The number of fused-ring (bicyclic) bond motifs is 5. The van der Waals surface area contributed by atoms with Gasteiger partial charge in [0, 0.05) is 0 Å². The molecule has 4 rings (SSSR count). The first-order valence-electron chi connectivity index (χ1n) is 5.11. The van der Waals surface area contributed by atoms with E-state index in [0.29, 0.717) is 0 Å². The first kappa shape index (κ1) is 5.40. The Morgan fingerprint density at radius 3 is 2.82 bits per heavy atom. The second-order valence-corrected chi connectivity index (χ2v) is 5.02. The van der Waals surface area contributed by atoms with Crippen LogP contribution in [-0.4, -0.2) is 0 Å². The van der Waals surface area contributed by atoms with Gasteiger partial charge in [0.1, 0.15) is 0 Å². The summed E-state index contributed by atoms with van der Waals surface area (Å²) in [6.07, 6.45) is 4.59. The van der Waals surface area contributed by atoms with Crippen molar-refractivity contribution in [2.24, 2.45) is 29.6 Å². The van der Waals surface area contributed by atoms with E-state index in [1.165, 1.54) is 12.8 Å². The summed E-state index contributed by atoms with van der Waals surface area (Å²) in [6, 6.07) is 0. The lowest BCUT2D eigenvalue weighted by molar-refractivity contribution is 0.185. The average molecular weight is 146 g/mol. The van der Waals surface area contributed by atoms with Crippen LogP contribution in [0.5, 0.6) is 0 Å². The lowest BCUT2D eigenvalue weighted by atomic mass is 9.72. The van der Waals surface area contributed by atoms with Gasteiger partial charge in [-0.25, -0.2) is 0 Å². The van der Waals surface area contributed by atoms with Crippen LogP contribution in [0.15, 0.2) is 11.1 Å². The highest BCUT2D eigenvalue weighted by Crippen LogP contribution is 2.73. The lowest BCUT2D eigenvalue weighted by Gasteiger charge is -2.33. The maximum absolute atomic E-state index is 2.50. The van der Waals surface area contributed by atoms with Gasteiger partial charge in [-0.2, -0.15) is 0 Å². The van der Waals surface area contributed by atoms with Gasteiger partial charge in [0.25, 0.3) is 0 Å². The van der Waals surface area contributed by atoms with E-state index >= 15 is 0 Å². The van der Waals surface area contributed by atoms with Gasteiger partial charge in [-0.3, -0.25) is 0 Å². The molecule has 0 heterocycles. The average Bonchev–Trinajstić information content (AvgIpc) is 2.51. The second kappa shape index (κ2) is 1.32. The Bertz CT molecular complexity index is 274. The van der Waals surface area contributed by atoms with Crippen molar-refractivity contribution in [3.05, 3.63) is 11.1 Å². The zero-order valence-corrected chi connectivity index (χ0v) is 7.01. The van der Waals surface area contributed by atoms with Crippen LogP contribution in [0.2, 0.25) is 0 Å². The van der Waals surface area contributed by atoms with Gasteiger partial charge in [-0.1, -0.05) is 18.1 Å². The summed E-state index contributed by atoms with van der Waals surface area (Å²) in [5, 5.41) is 0. The first-order chi connectivity index (χ1) is 5.38. The quantitative estimate of drug-likeness (QED) is 0.461. The van der Waals surface area contributed by atoms with E-state index in [1.807, 2.05) is 11.1 Å². The second-order valence-electron chi connectivity index (χ2n) is 5.02. The third-order valence-electron chi connectivity index (χ3n) is 4.86. The van der Waals surface area contributed by atoms with Crippen LogP contribution in [0.25, 0.3) is 0 Å². The minimum Gasteiger partial charge on any atom is -0.0658 e. The standard InChI is InChI=1S/C11H14/c1-5-6-2-3-7(6)11-9-4-8(9)10(5)11/h5-8,10H,2-4H2,1H3/t5?,6?,7-,8?,10-/m1/s1. The van der Waals surface area contributed by atoms with E-state index in [4.69, 9.17) is 0 Å². The molecule has 0 aromatic rings. The Labute approximate surface area is 67.7 Å². The molecule has 3 fully saturated rings. The van der Waals surface area contributed by atoms with E-state index in [9.17, 15) is 0 Å². The van der Waals surface area contributed by atoms with E-state index in [1.54, 1.807) is 6.42 Å². The minimum atomic E-state index is 1.07. The van der Waals surface area contributed by atoms with Gasteiger partial charge < -0.3 is 0 Å². The SMILES string of the molecule is CC1C2CC[C@H]2C2=C3CC3[C@H]21. The monoisotopic (exact) mass is 146 g/mol. The Morgan fingerprint density at radius 1 is 1.18 bits per heavy atom.